The van der Waals surface area contributed by atoms with E-state index < -0.39 is 47.4 Å². The van der Waals surface area contributed by atoms with E-state index >= 15 is 0 Å². The first-order valence-corrected chi connectivity index (χ1v) is 21.4. The van der Waals surface area contributed by atoms with E-state index in [4.69, 9.17) is 9.84 Å². The van der Waals surface area contributed by atoms with Crippen molar-refractivity contribution < 1.29 is 41.9 Å². The molecule has 0 bridgehead atoms. The third-order valence-electron chi connectivity index (χ3n) is 13.9. The summed E-state index contributed by atoms with van der Waals surface area (Å²) < 4.78 is 47.1. The highest BCUT2D eigenvalue weighted by atomic mass is 19.4. The highest BCUT2D eigenvalue weighted by Gasteiger charge is 2.48. The van der Waals surface area contributed by atoms with Crippen LogP contribution in [0.25, 0.3) is 10.9 Å². The topological polar surface area (TPSA) is 168 Å². The van der Waals surface area contributed by atoms with Gasteiger partial charge in [0.2, 0.25) is 11.8 Å². The number of pyridine rings is 1. The van der Waals surface area contributed by atoms with Gasteiger partial charge in [-0.2, -0.15) is 18.3 Å². The number of aromatic nitrogens is 3. The molecule has 1 unspecified atom stereocenters. The maximum absolute atomic E-state index is 13.3. The number of fused-ring (bicyclic) bond motifs is 2. The van der Waals surface area contributed by atoms with Crippen LogP contribution in [-0.2, 0) is 15.8 Å². The fourth-order valence-corrected chi connectivity index (χ4v) is 10.5. The number of alkyl halides is 3. The molecule has 5 aliphatic rings. The Morgan fingerprint density at radius 3 is 2.40 bits per heavy atom. The minimum Gasteiger partial charge on any atom is -0.494 e. The van der Waals surface area contributed by atoms with Crippen LogP contribution in [0.4, 0.5) is 24.5 Å². The molecule has 5 amide bonds. The molecule has 1 spiro atoms. The summed E-state index contributed by atoms with van der Waals surface area (Å²) in [4.78, 5) is 70.4. The van der Waals surface area contributed by atoms with Crippen molar-refractivity contribution in [3.05, 3.63) is 77.2 Å². The van der Waals surface area contributed by atoms with Gasteiger partial charge in [0.05, 0.1) is 35.5 Å². The second-order valence-corrected chi connectivity index (χ2v) is 17.9. The summed E-state index contributed by atoms with van der Waals surface area (Å²) in [6.45, 7) is 1.05. The van der Waals surface area contributed by atoms with Crippen LogP contribution in [0.5, 0.6) is 5.75 Å². The zero-order chi connectivity index (χ0) is 43.5. The molecule has 4 fully saturated rings. The van der Waals surface area contributed by atoms with Gasteiger partial charge in [-0.25, -0.2) is 4.98 Å². The number of piperidine rings is 1. The van der Waals surface area contributed by atoms with Crippen LogP contribution in [0.3, 0.4) is 0 Å². The second-order valence-electron chi connectivity index (χ2n) is 17.9. The number of nitrogens with zero attached hydrogens (tertiary/aromatic N) is 5. The van der Waals surface area contributed by atoms with Gasteiger partial charge >= 0.3 is 6.18 Å². The van der Waals surface area contributed by atoms with Crippen LogP contribution in [-0.4, -0.2) is 92.9 Å². The Hall–Kier alpha value is -5.84. The number of amides is 5. The van der Waals surface area contributed by atoms with Crippen LogP contribution in [0.2, 0.25) is 0 Å². The fourth-order valence-electron chi connectivity index (χ4n) is 10.5. The maximum Gasteiger partial charge on any atom is 0.433 e. The van der Waals surface area contributed by atoms with Gasteiger partial charge in [-0.05, 0) is 125 Å². The van der Waals surface area contributed by atoms with Crippen molar-refractivity contribution in [3.8, 4) is 5.75 Å². The number of carbonyl (C=O) groups is 5. The molecule has 14 nitrogen and oxygen atoms in total. The summed E-state index contributed by atoms with van der Waals surface area (Å²) in [5, 5.41) is 14.1. The van der Waals surface area contributed by atoms with E-state index in [2.05, 4.69) is 32.9 Å². The molecule has 9 rings (SSSR count). The number of imide groups is 2. The number of anilines is 2. The van der Waals surface area contributed by atoms with E-state index in [-0.39, 0.29) is 41.7 Å². The van der Waals surface area contributed by atoms with E-state index in [0.717, 1.165) is 86.0 Å². The molecule has 3 saturated carbocycles. The summed E-state index contributed by atoms with van der Waals surface area (Å²) in [5.74, 6) is -1.87. The first-order chi connectivity index (χ1) is 29.7. The van der Waals surface area contributed by atoms with Crippen molar-refractivity contribution in [2.45, 2.75) is 107 Å². The van der Waals surface area contributed by atoms with Crippen molar-refractivity contribution in [1.82, 2.24) is 29.9 Å². The molecule has 62 heavy (non-hydrogen) atoms. The molecule has 1 saturated heterocycles. The Kier molecular flexibility index (Phi) is 10.8. The van der Waals surface area contributed by atoms with E-state index in [0.29, 0.717) is 34.3 Å². The van der Waals surface area contributed by atoms with E-state index in [1.807, 2.05) is 16.9 Å². The Balaban J connectivity index is 0.731. The van der Waals surface area contributed by atoms with Gasteiger partial charge in [-0.15, -0.1) is 0 Å². The molecule has 17 heteroatoms. The van der Waals surface area contributed by atoms with Gasteiger partial charge < -0.3 is 20.3 Å². The molecule has 1 atom stereocenters. The quantitative estimate of drug-likeness (QED) is 0.142. The largest absolute Gasteiger partial charge is 0.494 e. The number of benzene rings is 2. The monoisotopic (exact) mass is 854 g/mol. The zero-order valence-corrected chi connectivity index (χ0v) is 34.6. The summed E-state index contributed by atoms with van der Waals surface area (Å²) in [5.41, 5.74) is 1.18. The van der Waals surface area contributed by atoms with Gasteiger partial charge in [0.25, 0.3) is 17.7 Å². The van der Waals surface area contributed by atoms with E-state index in [9.17, 15) is 37.1 Å². The molecular formula is C45H49F3N8O6. The van der Waals surface area contributed by atoms with Gasteiger partial charge in [0.1, 0.15) is 23.2 Å². The predicted molar refractivity (Wildman–Crippen MR) is 222 cm³/mol. The lowest BCUT2D eigenvalue weighted by molar-refractivity contribution is -0.141. The molecule has 4 heterocycles. The molecule has 2 aliphatic heterocycles. The van der Waals surface area contributed by atoms with Crippen molar-refractivity contribution in [2.24, 2.45) is 11.3 Å². The third-order valence-corrected chi connectivity index (χ3v) is 13.9. The van der Waals surface area contributed by atoms with Crippen LogP contribution < -0.4 is 20.7 Å². The number of carbonyl (C=O) groups excluding carboxylic acids is 5. The van der Waals surface area contributed by atoms with E-state index in [1.165, 1.54) is 26.0 Å². The Bertz CT molecular complexity index is 2450. The zero-order valence-electron chi connectivity index (χ0n) is 34.6. The number of ether oxygens (including phenoxy) is 1. The summed E-state index contributed by atoms with van der Waals surface area (Å²) in [6.07, 6.45) is 8.43. The molecule has 2 aromatic carbocycles. The first-order valence-electron chi connectivity index (χ1n) is 21.4. The average molecular weight is 855 g/mol. The fraction of sp³-hybridized carbons (Fsp3) is 0.489. The number of halogens is 3. The van der Waals surface area contributed by atoms with Crippen LogP contribution >= 0.6 is 0 Å². The molecule has 3 aliphatic carbocycles. The number of hydrogen-bond donors (Lipinski definition) is 3. The first kappa shape index (κ1) is 41.5. The van der Waals surface area contributed by atoms with Crippen molar-refractivity contribution in [2.75, 3.05) is 31.3 Å². The minimum atomic E-state index is -4.67. The maximum atomic E-state index is 13.3. The van der Waals surface area contributed by atoms with Crippen LogP contribution in [0.1, 0.15) is 120 Å². The van der Waals surface area contributed by atoms with Gasteiger partial charge in [0, 0.05) is 48.4 Å². The lowest BCUT2D eigenvalue weighted by Gasteiger charge is -2.53. The van der Waals surface area contributed by atoms with Crippen molar-refractivity contribution in [3.63, 3.8) is 0 Å². The summed E-state index contributed by atoms with van der Waals surface area (Å²) in [7, 11) is 3.72. The standard InChI is InChI=1S/C45H49F3N8O6/c1-54(29-14-16-44(17-15-29)21-28(22-44)49-27-8-11-31-32(19-27)43(61)56(42(31)60)36-12-13-39(57)52-41(36)59)23-25-6-9-30(10-7-25)55-24-26-18-35(37(62-2)20-34(26)53-55)51-40(58)33-4-3-5-38(50-33)45(46,47)48/h3-5,8,11,18-20,24-25,28-30,36,49H,6-7,9-10,12-17,21-23H2,1-2H3,(H,51,58)(H,52,57,59). The summed E-state index contributed by atoms with van der Waals surface area (Å²) in [6, 6.07) is 11.9. The van der Waals surface area contributed by atoms with Gasteiger partial charge in [-0.3, -0.25) is 38.9 Å². The Morgan fingerprint density at radius 1 is 0.952 bits per heavy atom. The van der Waals surface area contributed by atoms with Gasteiger partial charge in [-0.1, -0.05) is 6.07 Å². The minimum absolute atomic E-state index is 0.0827. The molecule has 326 valence electrons. The predicted octanol–water partition coefficient (Wildman–Crippen LogP) is 6.98. The molecule has 3 N–H and O–H groups in total. The number of methoxy groups -OCH3 is 1. The Morgan fingerprint density at radius 2 is 1.69 bits per heavy atom. The number of nitrogens with one attached hydrogen (secondary N) is 3. The smallest absolute Gasteiger partial charge is 0.433 e. The normalized spacial score (nSPS) is 26.4. The highest BCUT2D eigenvalue weighted by Crippen LogP contribution is 2.53. The SMILES string of the molecule is COc1cc2nn(C3CCC(CN(C)C4CCC5(CC4)CC(Nc4ccc6c(c4)C(=O)N(C4CCC(=O)NC4=O)C6=O)C5)CC3)cc2cc1NC(=O)c1cccc(C(F)(F)F)n1. The van der Waals surface area contributed by atoms with E-state index in [1.54, 1.807) is 24.3 Å². The van der Waals surface area contributed by atoms with Crippen molar-refractivity contribution >= 4 is 51.8 Å². The average Bonchev–Trinajstić information content (AvgIpc) is 3.76. The van der Waals surface area contributed by atoms with Crippen molar-refractivity contribution in [1.29, 1.82) is 0 Å². The Labute approximate surface area is 355 Å². The molecule has 4 aromatic rings. The third kappa shape index (κ3) is 8.02. The lowest BCUT2D eigenvalue weighted by atomic mass is 9.57. The lowest BCUT2D eigenvalue weighted by Crippen LogP contribution is -2.54. The number of rotatable bonds is 10. The second kappa shape index (κ2) is 16.1. The van der Waals surface area contributed by atoms with Crippen LogP contribution in [0, 0.1) is 11.3 Å². The molecule has 2 aromatic heterocycles. The highest BCUT2D eigenvalue weighted by molar-refractivity contribution is 6.23. The van der Waals surface area contributed by atoms with Crippen LogP contribution in [0.15, 0.2) is 54.7 Å². The summed E-state index contributed by atoms with van der Waals surface area (Å²) >= 11 is 0. The molecular weight excluding hydrogens is 806 g/mol. The number of hydrogen-bond acceptors (Lipinski definition) is 10. The van der Waals surface area contributed by atoms with Gasteiger partial charge in [0.15, 0.2) is 0 Å². The molecule has 0 radical (unpaired) electrons.